The lowest BCUT2D eigenvalue weighted by Gasteiger charge is -2.21. The molecule has 0 atom stereocenters. The van der Waals surface area contributed by atoms with Gasteiger partial charge in [-0.3, -0.25) is 5.10 Å². The van der Waals surface area contributed by atoms with Crippen LogP contribution in [-0.4, -0.2) is 21.9 Å². The number of aromatic hydroxyl groups is 1. The standard InChI is InChI=1S/C24H28N2O3/c1-2-17-8-10-19(11-9-17)29-23-15-25-26-24(23)21-13-12-20(14-22(21)27)28-16-18-6-4-3-5-7-18/h8-15,18,27H,2-7,16H2,1H3,(H,25,26). The highest BCUT2D eigenvalue weighted by Crippen LogP contribution is 2.38. The Labute approximate surface area is 171 Å². The van der Waals surface area contributed by atoms with Crippen LogP contribution in [-0.2, 0) is 6.42 Å². The van der Waals surface area contributed by atoms with Gasteiger partial charge < -0.3 is 14.6 Å². The minimum Gasteiger partial charge on any atom is -0.507 e. The highest BCUT2D eigenvalue weighted by molar-refractivity contribution is 5.73. The summed E-state index contributed by atoms with van der Waals surface area (Å²) in [6, 6.07) is 13.4. The number of nitrogens with one attached hydrogen (secondary N) is 1. The van der Waals surface area contributed by atoms with Gasteiger partial charge in [-0.05, 0) is 55.0 Å². The zero-order valence-corrected chi connectivity index (χ0v) is 16.9. The number of hydrogen-bond acceptors (Lipinski definition) is 4. The number of phenolic OH excluding ortho intramolecular Hbond substituents is 1. The Kier molecular flexibility index (Phi) is 6.03. The molecular formula is C24H28N2O3. The maximum absolute atomic E-state index is 10.6. The maximum Gasteiger partial charge on any atom is 0.173 e. The van der Waals surface area contributed by atoms with Crippen LogP contribution in [0.15, 0.2) is 48.7 Å². The van der Waals surface area contributed by atoms with Crippen molar-refractivity contribution in [3.63, 3.8) is 0 Å². The summed E-state index contributed by atoms with van der Waals surface area (Å²) in [4.78, 5) is 0. The Morgan fingerprint density at radius 3 is 2.52 bits per heavy atom. The Morgan fingerprint density at radius 1 is 1.03 bits per heavy atom. The summed E-state index contributed by atoms with van der Waals surface area (Å²) in [6.45, 7) is 2.83. The van der Waals surface area contributed by atoms with E-state index >= 15 is 0 Å². The van der Waals surface area contributed by atoms with Gasteiger partial charge in [0.2, 0.25) is 0 Å². The largest absolute Gasteiger partial charge is 0.507 e. The number of rotatable bonds is 7. The molecule has 29 heavy (non-hydrogen) atoms. The monoisotopic (exact) mass is 392 g/mol. The van der Waals surface area contributed by atoms with Gasteiger partial charge in [-0.2, -0.15) is 5.10 Å². The second-order valence-corrected chi connectivity index (χ2v) is 7.70. The van der Waals surface area contributed by atoms with Crippen LogP contribution in [0.4, 0.5) is 0 Å². The van der Waals surface area contributed by atoms with Gasteiger partial charge in [0.05, 0.1) is 12.8 Å². The summed E-state index contributed by atoms with van der Waals surface area (Å²) in [5, 5.41) is 17.6. The van der Waals surface area contributed by atoms with Crippen molar-refractivity contribution < 1.29 is 14.6 Å². The molecule has 1 aliphatic carbocycles. The predicted molar refractivity (Wildman–Crippen MR) is 114 cm³/mol. The van der Waals surface area contributed by atoms with Gasteiger partial charge in [0.15, 0.2) is 5.75 Å². The molecular weight excluding hydrogens is 364 g/mol. The maximum atomic E-state index is 10.6. The molecule has 2 aromatic carbocycles. The summed E-state index contributed by atoms with van der Waals surface area (Å²) >= 11 is 0. The number of H-pyrrole nitrogens is 1. The Bertz CT molecular complexity index is 928. The number of phenols is 1. The van der Waals surface area contributed by atoms with E-state index in [4.69, 9.17) is 9.47 Å². The van der Waals surface area contributed by atoms with Gasteiger partial charge in [0, 0.05) is 11.6 Å². The van der Waals surface area contributed by atoms with E-state index in [1.165, 1.54) is 37.7 Å². The van der Waals surface area contributed by atoms with Crippen molar-refractivity contribution in [1.29, 1.82) is 0 Å². The Hall–Kier alpha value is -2.95. The van der Waals surface area contributed by atoms with Crippen molar-refractivity contribution in [2.24, 2.45) is 5.92 Å². The van der Waals surface area contributed by atoms with Crippen LogP contribution in [0.1, 0.15) is 44.6 Å². The molecule has 3 aromatic rings. The first-order chi connectivity index (χ1) is 14.2. The van der Waals surface area contributed by atoms with Crippen LogP contribution in [0.25, 0.3) is 11.3 Å². The van der Waals surface area contributed by atoms with Crippen LogP contribution >= 0.6 is 0 Å². The van der Waals surface area contributed by atoms with Crippen molar-refractivity contribution in [1.82, 2.24) is 10.2 Å². The average Bonchev–Trinajstić information content (AvgIpc) is 3.21. The molecule has 1 aromatic heterocycles. The zero-order chi connectivity index (χ0) is 20.1. The third-order valence-corrected chi connectivity index (χ3v) is 5.61. The molecule has 5 nitrogen and oxygen atoms in total. The first-order valence-corrected chi connectivity index (χ1v) is 10.5. The molecule has 1 heterocycles. The third kappa shape index (κ3) is 4.73. The van der Waals surface area contributed by atoms with Crippen molar-refractivity contribution in [3.05, 3.63) is 54.2 Å². The van der Waals surface area contributed by atoms with E-state index in [1.807, 2.05) is 36.4 Å². The van der Waals surface area contributed by atoms with Crippen LogP contribution < -0.4 is 9.47 Å². The van der Waals surface area contributed by atoms with Gasteiger partial charge in [-0.15, -0.1) is 0 Å². The van der Waals surface area contributed by atoms with E-state index in [0.29, 0.717) is 35.3 Å². The number of benzene rings is 2. The summed E-state index contributed by atoms with van der Waals surface area (Å²) in [6.07, 6.45) is 9.00. The molecule has 0 bridgehead atoms. The molecule has 2 N–H and O–H groups in total. The van der Waals surface area contributed by atoms with Gasteiger partial charge in [-0.25, -0.2) is 0 Å². The molecule has 0 saturated heterocycles. The molecule has 0 aliphatic heterocycles. The molecule has 0 unspecified atom stereocenters. The molecule has 5 heteroatoms. The molecule has 0 radical (unpaired) electrons. The zero-order valence-electron chi connectivity index (χ0n) is 16.9. The lowest BCUT2D eigenvalue weighted by Crippen LogP contribution is -2.15. The minimum atomic E-state index is 0.140. The van der Waals surface area contributed by atoms with Gasteiger partial charge in [0.1, 0.15) is 22.9 Å². The average molecular weight is 392 g/mol. The summed E-state index contributed by atoms with van der Waals surface area (Å²) < 4.78 is 11.9. The fourth-order valence-electron chi connectivity index (χ4n) is 3.85. The van der Waals surface area contributed by atoms with Crippen molar-refractivity contribution >= 4 is 0 Å². The molecule has 1 saturated carbocycles. The fraction of sp³-hybridized carbons (Fsp3) is 0.375. The van der Waals surface area contributed by atoms with E-state index in [1.54, 1.807) is 12.3 Å². The van der Waals surface area contributed by atoms with Crippen LogP contribution in [0.2, 0.25) is 0 Å². The van der Waals surface area contributed by atoms with E-state index in [9.17, 15) is 5.11 Å². The molecule has 0 spiro atoms. The Morgan fingerprint density at radius 2 is 1.79 bits per heavy atom. The number of hydrogen-bond donors (Lipinski definition) is 2. The highest BCUT2D eigenvalue weighted by atomic mass is 16.5. The normalized spacial score (nSPS) is 14.7. The Balaban J connectivity index is 1.46. The van der Waals surface area contributed by atoms with Gasteiger partial charge >= 0.3 is 0 Å². The minimum absolute atomic E-state index is 0.140. The first kappa shape index (κ1) is 19.4. The van der Waals surface area contributed by atoms with E-state index in [-0.39, 0.29) is 5.75 Å². The predicted octanol–water partition coefficient (Wildman–Crippen LogP) is 6.10. The summed E-state index contributed by atoms with van der Waals surface area (Å²) in [5.41, 5.74) is 2.53. The molecule has 0 amide bonds. The first-order valence-electron chi connectivity index (χ1n) is 10.5. The molecule has 152 valence electrons. The topological polar surface area (TPSA) is 67.4 Å². The lowest BCUT2D eigenvalue weighted by atomic mass is 9.90. The van der Waals surface area contributed by atoms with Crippen molar-refractivity contribution in [3.8, 4) is 34.3 Å². The van der Waals surface area contributed by atoms with Crippen molar-refractivity contribution in [2.45, 2.75) is 45.4 Å². The second-order valence-electron chi connectivity index (χ2n) is 7.70. The quantitative estimate of drug-likeness (QED) is 0.510. The smallest absolute Gasteiger partial charge is 0.173 e. The number of aromatic nitrogens is 2. The van der Waals surface area contributed by atoms with Gasteiger partial charge in [0.25, 0.3) is 0 Å². The van der Waals surface area contributed by atoms with Crippen LogP contribution in [0.5, 0.6) is 23.0 Å². The number of ether oxygens (including phenoxy) is 2. The van der Waals surface area contributed by atoms with E-state index in [2.05, 4.69) is 17.1 Å². The molecule has 1 aliphatic rings. The van der Waals surface area contributed by atoms with Crippen molar-refractivity contribution in [2.75, 3.05) is 6.61 Å². The molecule has 1 fully saturated rings. The highest BCUT2D eigenvalue weighted by Gasteiger charge is 2.17. The number of aromatic amines is 1. The summed E-state index contributed by atoms with van der Waals surface area (Å²) in [7, 11) is 0. The van der Waals surface area contributed by atoms with E-state index in [0.717, 1.165) is 12.2 Å². The molecule has 4 rings (SSSR count). The SMILES string of the molecule is CCc1ccc(Oc2cn[nH]c2-c2ccc(OCC3CCCCC3)cc2O)cc1. The van der Waals surface area contributed by atoms with Gasteiger partial charge in [-0.1, -0.05) is 38.3 Å². The van der Waals surface area contributed by atoms with Crippen LogP contribution in [0.3, 0.4) is 0 Å². The summed E-state index contributed by atoms with van der Waals surface area (Å²) in [5.74, 6) is 2.75. The number of nitrogens with zero attached hydrogens (tertiary/aromatic N) is 1. The second kappa shape index (κ2) is 9.03. The number of aryl methyl sites for hydroxylation is 1. The third-order valence-electron chi connectivity index (χ3n) is 5.61. The van der Waals surface area contributed by atoms with Crippen LogP contribution in [0, 0.1) is 5.92 Å². The van der Waals surface area contributed by atoms with E-state index < -0.39 is 0 Å². The fourth-order valence-corrected chi connectivity index (χ4v) is 3.85. The lowest BCUT2D eigenvalue weighted by molar-refractivity contribution is 0.208.